The highest BCUT2D eigenvalue weighted by Crippen LogP contribution is 2.35. The molecule has 0 fully saturated rings. The first-order valence-electron chi connectivity index (χ1n) is 7.86. The zero-order chi connectivity index (χ0) is 17.5. The molecule has 0 aromatic heterocycles. The fraction of sp³-hybridized carbons (Fsp3) is 0.316. The fourth-order valence-electron chi connectivity index (χ4n) is 2.33. The summed E-state index contributed by atoms with van der Waals surface area (Å²) in [6, 6.07) is 11.3. The highest BCUT2D eigenvalue weighted by atomic mass is 79.9. The van der Waals surface area contributed by atoms with Gasteiger partial charge in [0.1, 0.15) is 5.75 Å². The number of carbonyl (C=O) groups excluding carboxylic acids is 1. The zero-order valence-electron chi connectivity index (χ0n) is 14.1. The highest BCUT2D eigenvalue weighted by molar-refractivity contribution is 9.10. The van der Waals surface area contributed by atoms with Crippen LogP contribution < -0.4 is 9.47 Å². The normalized spacial score (nSPS) is 10.3. The van der Waals surface area contributed by atoms with Gasteiger partial charge in [0.25, 0.3) is 0 Å². The lowest BCUT2D eigenvalue weighted by atomic mass is 10.1. The molecular formula is C19H21BrO4. The molecule has 24 heavy (non-hydrogen) atoms. The van der Waals surface area contributed by atoms with Gasteiger partial charge in [0.2, 0.25) is 0 Å². The lowest BCUT2D eigenvalue weighted by Gasteiger charge is -2.14. The molecule has 0 aliphatic rings. The topological polar surface area (TPSA) is 44.8 Å². The van der Waals surface area contributed by atoms with Crippen LogP contribution in [-0.4, -0.2) is 19.7 Å². The second-order valence-electron chi connectivity index (χ2n) is 5.17. The molecule has 2 aromatic rings. The van der Waals surface area contributed by atoms with Crippen LogP contribution in [0.1, 0.15) is 25.0 Å². The molecule has 0 saturated carbocycles. The highest BCUT2D eigenvalue weighted by Gasteiger charge is 2.12. The summed E-state index contributed by atoms with van der Waals surface area (Å²) in [5.74, 6) is 1.71. The summed E-state index contributed by atoms with van der Waals surface area (Å²) in [4.78, 5) is 11.7. The Morgan fingerprint density at radius 2 is 1.79 bits per heavy atom. The monoisotopic (exact) mass is 392 g/mol. The van der Waals surface area contributed by atoms with Gasteiger partial charge in [0.15, 0.2) is 11.5 Å². The standard InChI is InChI=1S/C19H21BrO4/c1-4-14-12-15(20)7-9-16(14)24-18-10-13(6-8-17(18)22-3)11-19(21)23-5-2/h6-10,12H,4-5,11H2,1-3H3. The van der Waals surface area contributed by atoms with E-state index in [9.17, 15) is 4.79 Å². The molecule has 0 radical (unpaired) electrons. The fourth-order valence-corrected chi connectivity index (χ4v) is 2.74. The molecule has 2 rings (SSSR count). The molecule has 0 aliphatic heterocycles. The maximum atomic E-state index is 11.7. The van der Waals surface area contributed by atoms with E-state index in [1.165, 1.54) is 0 Å². The van der Waals surface area contributed by atoms with E-state index in [4.69, 9.17) is 14.2 Å². The number of methoxy groups -OCH3 is 1. The lowest BCUT2D eigenvalue weighted by Crippen LogP contribution is -2.07. The first-order valence-corrected chi connectivity index (χ1v) is 8.65. The first-order chi connectivity index (χ1) is 11.6. The Bertz CT molecular complexity index is 713. The van der Waals surface area contributed by atoms with Crippen LogP contribution >= 0.6 is 15.9 Å². The van der Waals surface area contributed by atoms with E-state index in [0.29, 0.717) is 18.1 Å². The maximum absolute atomic E-state index is 11.7. The lowest BCUT2D eigenvalue weighted by molar-refractivity contribution is -0.142. The largest absolute Gasteiger partial charge is 0.493 e. The van der Waals surface area contributed by atoms with E-state index >= 15 is 0 Å². The van der Waals surface area contributed by atoms with Gasteiger partial charge in [-0.15, -0.1) is 0 Å². The van der Waals surface area contributed by atoms with Gasteiger partial charge in [-0.1, -0.05) is 28.9 Å². The Morgan fingerprint density at radius 1 is 1.04 bits per heavy atom. The Labute approximate surface area is 150 Å². The van der Waals surface area contributed by atoms with Gasteiger partial charge in [0, 0.05) is 4.47 Å². The molecule has 0 unspecified atom stereocenters. The molecule has 0 N–H and O–H groups in total. The molecule has 4 nitrogen and oxygen atoms in total. The van der Waals surface area contributed by atoms with Gasteiger partial charge < -0.3 is 14.2 Å². The number of benzene rings is 2. The third-order valence-electron chi connectivity index (χ3n) is 3.51. The minimum Gasteiger partial charge on any atom is -0.493 e. The summed E-state index contributed by atoms with van der Waals surface area (Å²) < 4.78 is 17.4. The van der Waals surface area contributed by atoms with Gasteiger partial charge in [-0.25, -0.2) is 0 Å². The molecule has 128 valence electrons. The van der Waals surface area contributed by atoms with Crippen molar-refractivity contribution in [3.8, 4) is 17.2 Å². The predicted octanol–water partition coefficient (Wildman–Crippen LogP) is 4.92. The van der Waals surface area contributed by atoms with E-state index in [1.54, 1.807) is 20.1 Å². The number of carbonyl (C=O) groups is 1. The van der Waals surface area contributed by atoms with Crippen LogP contribution in [0.2, 0.25) is 0 Å². The van der Waals surface area contributed by atoms with Gasteiger partial charge in [0.05, 0.1) is 20.1 Å². The summed E-state index contributed by atoms with van der Waals surface area (Å²) in [5.41, 5.74) is 1.90. The molecule has 0 heterocycles. The maximum Gasteiger partial charge on any atom is 0.310 e. The van der Waals surface area contributed by atoms with Crippen molar-refractivity contribution in [3.63, 3.8) is 0 Å². The van der Waals surface area contributed by atoms with E-state index in [0.717, 1.165) is 27.8 Å². The molecule has 0 amide bonds. The van der Waals surface area contributed by atoms with Crippen LogP contribution in [0.15, 0.2) is 40.9 Å². The number of hydrogen-bond donors (Lipinski definition) is 0. The number of hydrogen-bond acceptors (Lipinski definition) is 4. The Kier molecular flexibility index (Phi) is 6.67. The molecule has 0 spiro atoms. The molecule has 0 bridgehead atoms. The van der Waals surface area contributed by atoms with E-state index < -0.39 is 0 Å². The SMILES string of the molecule is CCOC(=O)Cc1ccc(OC)c(Oc2ccc(Br)cc2CC)c1. The summed E-state index contributed by atoms with van der Waals surface area (Å²) in [6.07, 6.45) is 1.05. The van der Waals surface area contributed by atoms with Crippen LogP contribution in [0.25, 0.3) is 0 Å². The minimum absolute atomic E-state index is 0.204. The number of halogens is 1. The Balaban J connectivity index is 2.29. The average Bonchev–Trinajstić information content (AvgIpc) is 2.57. The molecule has 0 atom stereocenters. The quantitative estimate of drug-likeness (QED) is 0.627. The summed E-state index contributed by atoms with van der Waals surface area (Å²) in [5, 5.41) is 0. The number of esters is 1. The van der Waals surface area contributed by atoms with Crippen LogP contribution in [0.5, 0.6) is 17.2 Å². The van der Waals surface area contributed by atoms with Crippen LogP contribution in [0.3, 0.4) is 0 Å². The smallest absolute Gasteiger partial charge is 0.310 e. The molecular weight excluding hydrogens is 372 g/mol. The average molecular weight is 393 g/mol. The second kappa shape index (κ2) is 8.73. The van der Waals surface area contributed by atoms with E-state index in [2.05, 4.69) is 22.9 Å². The van der Waals surface area contributed by atoms with Gasteiger partial charge in [-0.05, 0) is 54.8 Å². The van der Waals surface area contributed by atoms with Crippen molar-refractivity contribution in [2.75, 3.05) is 13.7 Å². The van der Waals surface area contributed by atoms with Gasteiger partial charge in [-0.2, -0.15) is 0 Å². The predicted molar refractivity (Wildman–Crippen MR) is 96.9 cm³/mol. The van der Waals surface area contributed by atoms with Crippen molar-refractivity contribution in [3.05, 3.63) is 52.0 Å². The molecule has 0 saturated heterocycles. The zero-order valence-corrected chi connectivity index (χ0v) is 15.7. The minimum atomic E-state index is -0.258. The Hall–Kier alpha value is -2.01. The summed E-state index contributed by atoms with van der Waals surface area (Å²) in [6.45, 7) is 4.24. The van der Waals surface area contributed by atoms with E-state index in [1.807, 2.05) is 30.3 Å². The first kappa shape index (κ1) is 18.3. The molecule has 0 aliphatic carbocycles. The van der Waals surface area contributed by atoms with Crippen molar-refractivity contribution in [2.24, 2.45) is 0 Å². The Morgan fingerprint density at radius 3 is 2.46 bits per heavy atom. The third-order valence-corrected chi connectivity index (χ3v) is 4.00. The van der Waals surface area contributed by atoms with Gasteiger partial charge in [-0.3, -0.25) is 4.79 Å². The second-order valence-corrected chi connectivity index (χ2v) is 6.09. The number of rotatable bonds is 7. The number of ether oxygens (including phenoxy) is 3. The summed E-state index contributed by atoms with van der Waals surface area (Å²) in [7, 11) is 1.59. The van der Waals surface area contributed by atoms with Crippen LogP contribution in [0.4, 0.5) is 0 Å². The van der Waals surface area contributed by atoms with Crippen molar-refractivity contribution in [1.82, 2.24) is 0 Å². The summed E-state index contributed by atoms with van der Waals surface area (Å²) >= 11 is 3.47. The molecule has 2 aromatic carbocycles. The number of aryl methyl sites for hydroxylation is 1. The van der Waals surface area contributed by atoms with E-state index in [-0.39, 0.29) is 12.4 Å². The van der Waals surface area contributed by atoms with Gasteiger partial charge >= 0.3 is 5.97 Å². The van der Waals surface area contributed by atoms with Crippen LogP contribution in [-0.2, 0) is 22.4 Å². The van der Waals surface area contributed by atoms with Crippen molar-refractivity contribution in [2.45, 2.75) is 26.7 Å². The van der Waals surface area contributed by atoms with Crippen molar-refractivity contribution in [1.29, 1.82) is 0 Å². The van der Waals surface area contributed by atoms with Crippen molar-refractivity contribution < 1.29 is 19.0 Å². The van der Waals surface area contributed by atoms with Crippen LogP contribution in [0, 0.1) is 0 Å². The van der Waals surface area contributed by atoms with Crippen molar-refractivity contribution >= 4 is 21.9 Å². The third kappa shape index (κ3) is 4.74. The molecule has 5 heteroatoms.